The van der Waals surface area contributed by atoms with Crippen molar-refractivity contribution in [2.45, 2.75) is 33.8 Å². The number of H-pyrrole nitrogens is 1. The second-order valence-electron chi connectivity index (χ2n) is 5.93. The predicted octanol–water partition coefficient (Wildman–Crippen LogP) is 3.68. The van der Waals surface area contributed by atoms with Crippen molar-refractivity contribution < 1.29 is 23.9 Å². The molecule has 1 aromatic heterocycles. The van der Waals surface area contributed by atoms with Crippen molar-refractivity contribution in [1.82, 2.24) is 4.98 Å². The van der Waals surface area contributed by atoms with Gasteiger partial charge in [0.1, 0.15) is 5.75 Å². The molecule has 0 radical (unpaired) electrons. The van der Waals surface area contributed by atoms with Crippen LogP contribution in [-0.2, 0) is 9.53 Å². The van der Waals surface area contributed by atoms with E-state index in [9.17, 15) is 14.4 Å². The molecule has 0 saturated heterocycles. The summed E-state index contributed by atoms with van der Waals surface area (Å²) in [5.74, 6) is -0.740. The fourth-order valence-corrected chi connectivity index (χ4v) is 2.77. The van der Waals surface area contributed by atoms with E-state index in [2.05, 4.69) is 4.98 Å². The fraction of sp³-hybridized carbons (Fsp3) is 0.316. The van der Waals surface area contributed by atoms with Gasteiger partial charge in [-0.1, -0.05) is 11.6 Å². The summed E-state index contributed by atoms with van der Waals surface area (Å²) >= 11 is 5.79. The first-order chi connectivity index (χ1) is 12.2. The zero-order chi connectivity index (χ0) is 19.4. The summed E-state index contributed by atoms with van der Waals surface area (Å²) in [4.78, 5) is 38.8. The van der Waals surface area contributed by atoms with E-state index < -0.39 is 24.5 Å². The Bertz CT molecular complexity index is 838. The maximum Gasteiger partial charge on any atom is 0.347 e. The molecule has 0 fully saturated rings. The summed E-state index contributed by atoms with van der Waals surface area (Å²) in [5, 5.41) is 0.555. The summed E-state index contributed by atoms with van der Waals surface area (Å²) in [7, 11) is 0. The van der Waals surface area contributed by atoms with E-state index in [1.165, 1.54) is 13.8 Å². The zero-order valence-corrected chi connectivity index (χ0v) is 15.8. The number of benzene rings is 1. The second kappa shape index (κ2) is 8.19. The topological polar surface area (TPSA) is 85.5 Å². The van der Waals surface area contributed by atoms with Crippen molar-refractivity contribution in [3.8, 4) is 5.75 Å². The lowest BCUT2D eigenvalue weighted by Gasteiger charge is -2.13. The van der Waals surface area contributed by atoms with Gasteiger partial charge in [0.25, 0.3) is 0 Å². The number of nitrogens with one attached hydrogen (secondary N) is 1. The average Bonchev–Trinajstić information content (AvgIpc) is 2.89. The van der Waals surface area contributed by atoms with Crippen LogP contribution < -0.4 is 4.74 Å². The minimum Gasteiger partial charge on any atom is -0.479 e. The average molecular weight is 378 g/mol. The largest absolute Gasteiger partial charge is 0.479 e. The normalized spacial score (nSPS) is 11.7. The quantitative estimate of drug-likeness (QED) is 0.587. The smallest absolute Gasteiger partial charge is 0.347 e. The van der Waals surface area contributed by atoms with Crippen LogP contribution in [0.3, 0.4) is 0 Å². The zero-order valence-electron chi connectivity index (χ0n) is 15.0. The van der Waals surface area contributed by atoms with Gasteiger partial charge in [0.05, 0.1) is 5.69 Å². The van der Waals surface area contributed by atoms with E-state index in [-0.39, 0.29) is 11.5 Å². The van der Waals surface area contributed by atoms with Gasteiger partial charge in [-0.25, -0.2) is 4.79 Å². The molecule has 0 aliphatic heterocycles. The Kier molecular flexibility index (Phi) is 6.21. The first kappa shape index (κ1) is 19.7. The lowest BCUT2D eigenvalue weighted by molar-refractivity contribution is -0.149. The summed E-state index contributed by atoms with van der Waals surface area (Å²) in [6.07, 6.45) is -0.886. The molecule has 0 spiro atoms. The molecule has 26 heavy (non-hydrogen) atoms. The number of aromatic amines is 1. The molecule has 0 amide bonds. The van der Waals surface area contributed by atoms with Crippen LogP contribution in [0.1, 0.15) is 46.0 Å². The molecule has 7 heteroatoms. The molecule has 0 bridgehead atoms. The van der Waals surface area contributed by atoms with Crippen molar-refractivity contribution >= 4 is 29.1 Å². The van der Waals surface area contributed by atoms with Crippen molar-refractivity contribution in [3.63, 3.8) is 0 Å². The molecule has 6 nitrogen and oxygen atoms in total. The molecule has 1 aromatic carbocycles. The van der Waals surface area contributed by atoms with Crippen molar-refractivity contribution in [3.05, 3.63) is 51.8 Å². The minimum atomic E-state index is -0.886. The molecule has 2 rings (SSSR count). The van der Waals surface area contributed by atoms with Crippen LogP contribution in [0.5, 0.6) is 5.75 Å². The lowest BCUT2D eigenvalue weighted by atomic mass is 10.1. The molecule has 138 valence electrons. The van der Waals surface area contributed by atoms with Gasteiger partial charge < -0.3 is 14.5 Å². The van der Waals surface area contributed by atoms with Crippen molar-refractivity contribution in [2.24, 2.45) is 0 Å². The Morgan fingerprint density at radius 1 is 1.15 bits per heavy atom. The van der Waals surface area contributed by atoms with Crippen LogP contribution >= 0.6 is 11.6 Å². The van der Waals surface area contributed by atoms with E-state index in [4.69, 9.17) is 21.1 Å². The maximum absolute atomic E-state index is 12.3. The number of ether oxygens (including phenoxy) is 2. The first-order valence-electron chi connectivity index (χ1n) is 8.02. The number of aryl methyl sites for hydroxylation is 1. The number of aromatic nitrogens is 1. The Morgan fingerprint density at radius 3 is 2.31 bits per heavy atom. The number of ketones is 2. The number of carbonyl (C=O) groups is 3. The van der Waals surface area contributed by atoms with Gasteiger partial charge in [0, 0.05) is 16.3 Å². The minimum absolute atomic E-state index is 0.128. The number of halogens is 1. The molecule has 0 saturated carbocycles. The van der Waals surface area contributed by atoms with Crippen LogP contribution in [0.25, 0.3) is 0 Å². The van der Waals surface area contributed by atoms with Crippen LogP contribution in [0.4, 0.5) is 0 Å². The van der Waals surface area contributed by atoms with E-state index >= 15 is 0 Å². The number of hydrogen-bond donors (Lipinski definition) is 1. The Balaban J connectivity index is 1.96. The van der Waals surface area contributed by atoms with Gasteiger partial charge >= 0.3 is 5.97 Å². The number of rotatable bonds is 7. The number of hydrogen-bond acceptors (Lipinski definition) is 5. The lowest BCUT2D eigenvalue weighted by Crippen LogP contribution is -2.28. The molecular formula is C19H20ClNO5. The summed E-state index contributed by atoms with van der Waals surface area (Å²) in [6.45, 7) is 5.92. The van der Waals surface area contributed by atoms with E-state index in [0.717, 1.165) is 0 Å². The van der Waals surface area contributed by atoms with E-state index in [0.29, 0.717) is 27.6 Å². The van der Waals surface area contributed by atoms with E-state index in [1.54, 1.807) is 38.1 Å². The molecule has 2 aromatic rings. The van der Waals surface area contributed by atoms with Gasteiger partial charge in [0.2, 0.25) is 5.78 Å². The molecular weight excluding hydrogens is 358 g/mol. The molecule has 1 heterocycles. The molecule has 0 aliphatic carbocycles. The highest BCUT2D eigenvalue weighted by Crippen LogP contribution is 2.19. The van der Waals surface area contributed by atoms with Crippen LogP contribution in [0.2, 0.25) is 5.02 Å². The summed E-state index contributed by atoms with van der Waals surface area (Å²) in [5.41, 5.74) is 1.93. The number of Topliss-reactive ketones (excluding diaryl/α,β-unsaturated/α-hetero) is 2. The molecule has 0 aliphatic rings. The van der Waals surface area contributed by atoms with Crippen LogP contribution in [-0.4, -0.2) is 35.2 Å². The number of esters is 1. The summed E-state index contributed by atoms with van der Waals surface area (Å²) < 4.78 is 10.5. The van der Waals surface area contributed by atoms with Crippen LogP contribution in [0, 0.1) is 13.8 Å². The number of carbonyl (C=O) groups excluding carboxylic acids is 3. The van der Waals surface area contributed by atoms with Crippen molar-refractivity contribution in [1.29, 1.82) is 0 Å². The third kappa shape index (κ3) is 4.52. The summed E-state index contributed by atoms with van der Waals surface area (Å²) in [6, 6.07) is 6.54. The predicted molar refractivity (Wildman–Crippen MR) is 97.1 cm³/mol. The Hall–Kier alpha value is -2.60. The Morgan fingerprint density at radius 2 is 1.77 bits per heavy atom. The molecule has 0 unspecified atom stereocenters. The highest BCUT2D eigenvalue weighted by molar-refractivity contribution is 6.30. The first-order valence-corrected chi connectivity index (χ1v) is 8.40. The van der Waals surface area contributed by atoms with Gasteiger partial charge in [-0.05, 0) is 57.5 Å². The standard InChI is InChI=1S/C19H20ClNO5/c1-10-17(12(3)22)11(2)21-18(10)16(23)9-25-19(24)13(4)26-15-7-5-14(20)6-8-15/h5-8,13,21H,9H2,1-4H3/t13-/m1/s1. The Labute approximate surface area is 156 Å². The third-order valence-corrected chi connectivity index (χ3v) is 4.12. The highest BCUT2D eigenvalue weighted by atomic mass is 35.5. The maximum atomic E-state index is 12.3. The van der Waals surface area contributed by atoms with Gasteiger partial charge in [-0.15, -0.1) is 0 Å². The highest BCUT2D eigenvalue weighted by Gasteiger charge is 2.22. The van der Waals surface area contributed by atoms with Crippen molar-refractivity contribution in [2.75, 3.05) is 6.61 Å². The van der Waals surface area contributed by atoms with Gasteiger partial charge in [-0.2, -0.15) is 0 Å². The second-order valence-corrected chi connectivity index (χ2v) is 6.36. The SMILES string of the molecule is CC(=O)c1c(C)[nH]c(C(=O)COC(=O)[C@@H](C)Oc2ccc(Cl)cc2)c1C. The van der Waals surface area contributed by atoms with Gasteiger partial charge in [0.15, 0.2) is 18.5 Å². The fourth-order valence-electron chi connectivity index (χ4n) is 2.65. The third-order valence-electron chi connectivity index (χ3n) is 3.87. The van der Waals surface area contributed by atoms with E-state index in [1.807, 2.05) is 0 Å². The monoisotopic (exact) mass is 377 g/mol. The van der Waals surface area contributed by atoms with Gasteiger partial charge in [-0.3, -0.25) is 9.59 Å². The molecule has 1 N–H and O–H groups in total. The van der Waals surface area contributed by atoms with Crippen LogP contribution in [0.15, 0.2) is 24.3 Å². The molecule has 1 atom stereocenters.